The number of carbonyl (C=O) groups excluding carboxylic acids is 4. The number of hydrogen-bond acceptors (Lipinski definition) is 11. The van der Waals surface area contributed by atoms with Gasteiger partial charge in [0.25, 0.3) is 0 Å². The summed E-state index contributed by atoms with van der Waals surface area (Å²) in [7, 11) is 3.93. The Balaban J connectivity index is 1.98. The van der Waals surface area contributed by atoms with E-state index in [1.165, 1.54) is 13.8 Å². The molecule has 2 aromatic rings. The van der Waals surface area contributed by atoms with Gasteiger partial charge in [0.1, 0.15) is 12.7 Å². The first-order chi connectivity index (χ1) is 20.9. The lowest BCUT2D eigenvalue weighted by Gasteiger charge is -2.45. The van der Waals surface area contributed by atoms with Crippen LogP contribution in [0.3, 0.4) is 0 Å². The van der Waals surface area contributed by atoms with Gasteiger partial charge in [0.15, 0.2) is 29.7 Å². The molecule has 12 nitrogen and oxygen atoms in total. The Kier molecular flexibility index (Phi) is 12.6. The first kappa shape index (κ1) is 34.4. The van der Waals surface area contributed by atoms with Crippen molar-refractivity contribution in [3.05, 3.63) is 71.8 Å². The fourth-order valence-electron chi connectivity index (χ4n) is 5.10. The summed E-state index contributed by atoms with van der Waals surface area (Å²) in [5, 5.41) is 6.55. The topological polar surface area (TPSA) is 142 Å². The second-order valence-corrected chi connectivity index (χ2v) is 10.9. The summed E-state index contributed by atoms with van der Waals surface area (Å²) < 4.78 is 27.8. The quantitative estimate of drug-likeness (QED) is 0.214. The van der Waals surface area contributed by atoms with E-state index in [4.69, 9.17) is 35.9 Å². The molecule has 0 bridgehead atoms. The number of nitrogens with zero attached hydrogens (tertiary/aromatic N) is 1. The van der Waals surface area contributed by atoms with Gasteiger partial charge in [-0.2, -0.15) is 0 Å². The van der Waals surface area contributed by atoms with Crippen LogP contribution in [0.5, 0.6) is 0 Å². The van der Waals surface area contributed by atoms with Crippen LogP contribution in [0, 0.1) is 0 Å². The third kappa shape index (κ3) is 9.73. The molecular weight excluding hydrogens is 590 g/mol. The lowest BCUT2D eigenvalue weighted by molar-refractivity contribution is -0.255. The number of esters is 4. The highest BCUT2D eigenvalue weighted by atomic mass is 32.1. The minimum Gasteiger partial charge on any atom is -0.463 e. The van der Waals surface area contributed by atoms with E-state index < -0.39 is 54.5 Å². The van der Waals surface area contributed by atoms with E-state index in [-0.39, 0.29) is 23.8 Å². The van der Waals surface area contributed by atoms with Gasteiger partial charge in [0.05, 0.1) is 12.1 Å². The number of hydrogen-bond donors (Lipinski definition) is 2. The van der Waals surface area contributed by atoms with Crippen molar-refractivity contribution in [3.8, 4) is 0 Å². The minimum absolute atomic E-state index is 0.127. The maximum absolute atomic E-state index is 12.2. The highest BCUT2D eigenvalue weighted by molar-refractivity contribution is 7.80. The van der Waals surface area contributed by atoms with Crippen molar-refractivity contribution in [2.45, 2.75) is 70.4 Å². The first-order valence-electron chi connectivity index (χ1n) is 14.0. The normalized spacial score (nSPS) is 22.6. The van der Waals surface area contributed by atoms with E-state index in [0.717, 1.165) is 25.0 Å². The van der Waals surface area contributed by atoms with Gasteiger partial charge in [-0.05, 0) is 37.4 Å². The van der Waals surface area contributed by atoms with Gasteiger partial charge in [-0.3, -0.25) is 19.2 Å². The average molecular weight is 630 g/mol. The molecule has 1 aliphatic heterocycles. The lowest BCUT2D eigenvalue weighted by atomic mass is 9.92. The van der Waals surface area contributed by atoms with Gasteiger partial charge < -0.3 is 39.2 Å². The highest BCUT2D eigenvalue weighted by Crippen LogP contribution is 2.33. The Morgan fingerprint density at radius 1 is 0.773 bits per heavy atom. The molecule has 0 aliphatic carbocycles. The number of thiocarbonyl (C=S) groups is 1. The molecule has 1 aliphatic rings. The van der Waals surface area contributed by atoms with Crippen molar-refractivity contribution in [1.82, 2.24) is 15.5 Å². The van der Waals surface area contributed by atoms with Gasteiger partial charge in [0.2, 0.25) is 0 Å². The molecule has 238 valence electrons. The Morgan fingerprint density at radius 2 is 1.27 bits per heavy atom. The van der Waals surface area contributed by atoms with Crippen molar-refractivity contribution < 1.29 is 42.9 Å². The Bertz CT molecular complexity index is 1290. The van der Waals surface area contributed by atoms with Crippen LogP contribution in [0.4, 0.5) is 0 Å². The molecule has 2 N–H and O–H groups in total. The van der Waals surface area contributed by atoms with E-state index in [9.17, 15) is 19.2 Å². The Hall–Kier alpha value is -4.07. The maximum atomic E-state index is 12.2. The summed E-state index contributed by atoms with van der Waals surface area (Å²) in [6.07, 6.45) is -6.21. The van der Waals surface area contributed by atoms with Crippen LogP contribution in [-0.4, -0.2) is 85.2 Å². The fraction of sp³-hybridized carbons (Fsp3) is 0.452. The first-order valence-corrected chi connectivity index (χ1v) is 14.4. The van der Waals surface area contributed by atoms with Crippen molar-refractivity contribution in [2.75, 3.05) is 20.7 Å². The molecule has 0 aromatic heterocycles. The lowest BCUT2D eigenvalue weighted by Crippen LogP contribution is -2.67. The molecule has 0 amide bonds. The fourth-order valence-corrected chi connectivity index (χ4v) is 5.34. The molecular formula is C31H39N3O9S. The Morgan fingerprint density at radius 3 is 1.77 bits per heavy atom. The summed E-state index contributed by atoms with van der Waals surface area (Å²) in [6, 6.07) is 19.1. The summed E-state index contributed by atoms with van der Waals surface area (Å²) >= 11 is 5.76. The number of benzene rings is 2. The predicted octanol–water partition coefficient (Wildman–Crippen LogP) is 2.58. The average Bonchev–Trinajstić information content (AvgIpc) is 2.95. The van der Waals surface area contributed by atoms with E-state index >= 15 is 0 Å². The van der Waals surface area contributed by atoms with Crippen LogP contribution in [0.25, 0.3) is 0 Å². The standard InChI is InChI=1S/C31H39N3O9S/c1-18(35)39-17-24-27(40-19(2)36)28(41-20(3)37)29(42-21(4)38)30(43-24)33-31(44)32-25(22-13-9-7-10-14-22)26(34(5)6)23-15-11-8-12-16-23/h7-16,24-30H,17H2,1-6H3,(H2,32,33,44). The van der Waals surface area contributed by atoms with Crippen LogP contribution in [0.2, 0.25) is 0 Å². The molecule has 1 fully saturated rings. The van der Waals surface area contributed by atoms with Crippen LogP contribution in [-0.2, 0) is 42.9 Å². The van der Waals surface area contributed by atoms with E-state index in [1.807, 2.05) is 74.8 Å². The van der Waals surface area contributed by atoms with Gasteiger partial charge in [-0.25, -0.2) is 0 Å². The second-order valence-electron chi connectivity index (χ2n) is 10.4. The number of nitrogens with one attached hydrogen (secondary N) is 2. The molecule has 44 heavy (non-hydrogen) atoms. The van der Waals surface area contributed by atoms with Crippen LogP contribution in [0.1, 0.15) is 50.9 Å². The molecule has 0 saturated carbocycles. The summed E-state index contributed by atoms with van der Waals surface area (Å²) in [4.78, 5) is 50.1. The molecule has 3 rings (SSSR count). The van der Waals surface area contributed by atoms with E-state index in [0.29, 0.717) is 0 Å². The predicted molar refractivity (Wildman–Crippen MR) is 163 cm³/mol. The van der Waals surface area contributed by atoms with Gasteiger partial charge in [0, 0.05) is 27.7 Å². The van der Waals surface area contributed by atoms with Crippen LogP contribution >= 0.6 is 12.2 Å². The third-order valence-electron chi connectivity index (χ3n) is 6.72. The highest BCUT2D eigenvalue weighted by Gasteiger charge is 2.52. The monoisotopic (exact) mass is 629 g/mol. The van der Waals surface area contributed by atoms with Gasteiger partial charge >= 0.3 is 23.9 Å². The zero-order chi connectivity index (χ0) is 32.4. The maximum Gasteiger partial charge on any atom is 0.303 e. The van der Waals surface area contributed by atoms with Crippen molar-refractivity contribution in [1.29, 1.82) is 0 Å². The van der Waals surface area contributed by atoms with Crippen molar-refractivity contribution in [3.63, 3.8) is 0 Å². The van der Waals surface area contributed by atoms with Crippen LogP contribution < -0.4 is 10.6 Å². The number of ether oxygens (including phenoxy) is 5. The molecule has 1 heterocycles. The zero-order valence-corrected chi connectivity index (χ0v) is 26.4. The molecule has 13 heteroatoms. The second kappa shape index (κ2) is 16.1. The molecule has 7 atom stereocenters. The molecule has 0 spiro atoms. The minimum atomic E-state index is -1.32. The third-order valence-corrected chi connectivity index (χ3v) is 6.96. The van der Waals surface area contributed by atoms with Gasteiger partial charge in [-0.1, -0.05) is 60.7 Å². The van der Waals surface area contributed by atoms with E-state index in [2.05, 4.69) is 15.5 Å². The molecule has 2 aromatic carbocycles. The molecule has 7 unspecified atom stereocenters. The summed E-state index contributed by atoms with van der Waals surface area (Å²) in [6.45, 7) is 4.36. The van der Waals surface area contributed by atoms with Gasteiger partial charge in [-0.15, -0.1) is 0 Å². The largest absolute Gasteiger partial charge is 0.463 e. The number of rotatable bonds is 11. The summed E-state index contributed by atoms with van der Waals surface area (Å²) in [5.74, 6) is -2.75. The number of carbonyl (C=O) groups is 4. The zero-order valence-electron chi connectivity index (χ0n) is 25.6. The summed E-state index contributed by atoms with van der Waals surface area (Å²) in [5.41, 5.74) is 1.98. The van der Waals surface area contributed by atoms with Crippen molar-refractivity contribution in [2.24, 2.45) is 0 Å². The smallest absolute Gasteiger partial charge is 0.303 e. The van der Waals surface area contributed by atoms with E-state index in [1.54, 1.807) is 0 Å². The van der Waals surface area contributed by atoms with Crippen LogP contribution in [0.15, 0.2) is 60.7 Å². The molecule has 0 radical (unpaired) electrons. The molecule has 1 saturated heterocycles. The number of likely N-dealkylation sites (N-methyl/N-ethyl adjacent to an activating group) is 1. The SMILES string of the molecule is CC(=O)OCC1OC(NC(=S)NC(c2ccccc2)C(c2ccccc2)N(C)C)C(OC(C)=O)C(OC(C)=O)C1OC(C)=O. The van der Waals surface area contributed by atoms with Crippen molar-refractivity contribution >= 4 is 41.2 Å². The Labute approximate surface area is 262 Å².